The summed E-state index contributed by atoms with van der Waals surface area (Å²) >= 11 is 7.90. The SMILES string of the molecule is CCCCCCCCCCCCCc1cc2c(ccc3sc(/C=C/c4cc5c(ccc6sc(CCCCCCCCCCCCC)cc65)s4)cc32)s1. The number of hydrogen-bond acceptors (Lipinski definition) is 4. The van der Waals surface area contributed by atoms with Crippen molar-refractivity contribution in [3.05, 3.63) is 68.0 Å². The molecule has 0 N–H and O–H groups in total. The van der Waals surface area contributed by atoms with Crippen molar-refractivity contribution in [2.75, 3.05) is 0 Å². The molecule has 0 saturated heterocycles. The zero-order valence-corrected chi connectivity index (χ0v) is 35.6. The average Bonchev–Trinajstić information content (AvgIpc) is 3.95. The lowest BCUT2D eigenvalue weighted by atomic mass is 10.0. The Kier molecular flexibility index (Phi) is 16.6. The minimum Gasteiger partial charge on any atom is -0.140 e. The van der Waals surface area contributed by atoms with Crippen LogP contribution in [-0.4, -0.2) is 0 Å². The summed E-state index contributed by atoms with van der Waals surface area (Å²) in [7, 11) is 0. The zero-order valence-electron chi connectivity index (χ0n) is 32.4. The standard InChI is InChI=1S/C48H64S4/c1-3-5-7-9-11-13-15-17-19-21-23-25-37-33-41-43-35-39(51-47(43)31-29-45(41)49-37)27-28-40-36-44-42-34-38(50-46(42)30-32-48(44)52-40)26-24-22-20-18-16-14-12-10-8-6-4-2/h27-36H,3-26H2,1-2H3/b28-27+. The maximum absolute atomic E-state index is 2.50. The monoisotopic (exact) mass is 768 g/mol. The Morgan fingerprint density at radius 2 is 0.635 bits per heavy atom. The maximum Gasteiger partial charge on any atom is 0.0356 e. The summed E-state index contributed by atoms with van der Waals surface area (Å²) in [5.74, 6) is 0. The predicted octanol–water partition coefficient (Wildman–Crippen LogP) is 18.4. The molecule has 0 aliphatic carbocycles. The van der Waals surface area contributed by atoms with Crippen molar-refractivity contribution in [3.63, 3.8) is 0 Å². The molecule has 6 aromatic rings. The summed E-state index contributed by atoms with van der Waals surface area (Å²) in [5, 5.41) is 5.79. The molecule has 4 heterocycles. The molecule has 280 valence electrons. The van der Waals surface area contributed by atoms with E-state index in [4.69, 9.17) is 0 Å². The third-order valence-corrected chi connectivity index (χ3v) is 15.5. The van der Waals surface area contributed by atoms with E-state index in [-0.39, 0.29) is 0 Å². The fourth-order valence-electron chi connectivity index (χ4n) is 7.91. The Bertz CT molecular complexity index is 1800. The van der Waals surface area contributed by atoms with Gasteiger partial charge >= 0.3 is 0 Å². The highest BCUT2D eigenvalue weighted by Gasteiger charge is 2.11. The Hall–Kier alpha value is -1.98. The number of unbranched alkanes of at least 4 members (excludes halogenated alkanes) is 20. The average molecular weight is 769 g/mol. The zero-order chi connectivity index (χ0) is 35.8. The lowest BCUT2D eigenvalue weighted by Crippen LogP contribution is -1.84. The quantitative estimate of drug-likeness (QED) is 0.0482. The first-order valence-corrected chi connectivity index (χ1v) is 24.6. The molecule has 0 unspecified atom stereocenters. The van der Waals surface area contributed by atoms with Crippen LogP contribution in [0, 0.1) is 0 Å². The van der Waals surface area contributed by atoms with E-state index in [0.29, 0.717) is 0 Å². The van der Waals surface area contributed by atoms with Gasteiger partial charge in [-0.15, -0.1) is 45.3 Å². The van der Waals surface area contributed by atoms with E-state index >= 15 is 0 Å². The van der Waals surface area contributed by atoms with Crippen LogP contribution in [-0.2, 0) is 12.8 Å². The molecule has 0 nitrogen and oxygen atoms in total. The third kappa shape index (κ3) is 11.8. The van der Waals surface area contributed by atoms with Crippen LogP contribution in [0.2, 0.25) is 0 Å². The number of rotatable bonds is 26. The molecule has 52 heavy (non-hydrogen) atoms. The highest BCUT2D eigenvalue weighted by atomic mass is 32.1. The highest BCUT2D eigenvalue weighted by molar-refractivity contribution is 7.22. The second kappa shape index (κ2) is 21.8. The van der Waals surface area contributed by atoms with Gasteiger partial charge in [-0.05, 0) is 86.4 Å². The molecular weight excluding hydrogens is 705 g/mol. The van der Waals surface area contributed by atoms with Crippen LogP contribution in [0.5, 0.6) is 0 Å². The summed E-state index contributed by atoms with van der Waals surface area (Å²) in [5.41, 5.74) is 0. The Morgan fingerprint density at radius 1 is 0.346 bits per heavy atom. The largest absolute Gasteiger partial charge is 0.140 e. The van der Waals surface area contributed by atoms with E-state index < -0.39 is 0 Å². The van der Waals surface area contributed by atoms with Crippen LogP contribution < -0.4 is 0 Å². The highest BCUT2D eigenvalue weighted by Crippen LogP contribution is 2.39. The molecule has 0 spiro atoms. The lowest BCUT2D eigenvalue weighted by molar-refractivity contribution is 0.550. The van der Waals surface area contributed by atoms with E-state index in [1.165, 1.54) is 204 Å². The number of benzene rings is 2. The molecule has 0 bridgehead atoms. The number of thiophene rings is 4. The van der Waals surface area contributed by atoms with E-state index in [1.807, 2.05) is 45.3 Å². The Balaban J connectivity index is 0.971. The molecule has 4 aromatic heterocycles. The maximum atomic E-state index is 2.50. The molecule has 0 radical (unpaired) electrons. The minimum atomic E-state index is 1.24. The van der Waals surface area contributed by atoms with Crippen LogP contribution in [0.3, 0.4) is 0 Å². The normalized spacial score (nSPS) is 12.3. The molecule has 0 amide bonds. The van der Waals surface area contributed by atoms with Gasteiger partial charge in [-0.1, -0.05) is 142 Å². The lowest BCUT2D eigenvalue weighted by Gasteiger charge is -2.02. The molecule has 0 aliphatic heterocycles. The van der Waals surface area contributed by atoms with Crippen molar-refractivity contribution in [1.29, 1.82) is 0 Å². The second-order valence-electron chi connectivity index (χ2n) is 15.4. The van der Waals surface area contributed by atoms with E-state index in [2.05, 4.69) is 74.5 Å². The van der Waals surface area contributed by atoms with Gasteiger partial charge in [-0.2, -0.15) is 0 Å². The van der Waals surface area contributed by atoms with Crippen LogP contribution in [0.4, 0.5) is 0 Å². The summed E-state index contributed by atoms with van der Waals surface area (Å²) in [6.45, 7) is 4.61. The third-order valence-electron chi connectivity index (χ3n) is 11.0. The first kappa shape index (κ1) is 39.7. The van der Waals surface area contributed by atoms with Crippen LogP contribution in [0.1, 0.15) is 175 Å². The number of aryl methyl sites for hydroxylation is 2. The van der Waals surface area contributed by atoms with Crippen molar-refractivity contribution in [1.82, 2.24) is 0 Å². The molecule has 0 saturated carbocycles. The van der Waals surface area contributed by atoms with E-state index in [0.717, 1.165) is 0 Å². The fourth-order valence-corrected chi connectivity index (χ4v) is 12.1. The van der Waals surface area contributed by atoms with Gasteiger partial charge in [-0.25, -0.2) is 0 Å². The Labute approximate surface area is 331 Å². The summed E-state index contributed by atoms with van der Waals surface area (Å²) in [6, 6.07) is 19.3. The first-order valence-electron chi connectivity index (χ1n) is 21.3. The summed E-state index contributed by atoms with van der Waals surface area (Å²) < 4.78 is 5.72. The van der Waals surface area contributed by atoms with Crippen molar-refractivity contribution in [2.45, 2.75) is 168 Å². The van der Waals surface area contributed by atoms with Gasteiger partial charge in [0.1, 0.15) is 0 Å². The molecule has 4 heteroatoms. The molecule has 0 aliphatic rings. The predicted molar refractivity (Wildman–Crippen MR) is 244 cm³/mol. The molecular formula is C48H64S4. The first-order chi connectivity index (χ1) is 25.7. The van der Waals surface area contributed by atoms with Gasteiger partial charge in [0, 0.05) is 59.9 Å². The number of hydrogen-bond donors (Lipinski definition) is 0. The summed E-state index contributed by atoms with van der Waals surface area (Å²) in [4.78, 5) is 5.84. The molecule has 6 rings (SSSR count). The topological polar surface area (TPSA) is 0 Å². The molecule has 0 fully saturated rings. The van der Waals surface area contributed by atoms with Crippen molar-refractivity contribution in [3.8, 4) is 0 Å². The van der Waals surface area contributed by atoms with Gasteiger partial charge < -0.3 is 0 Å². The molecule has 0 atom stereocenters. The van der Waals surface area contributed by atoms with Crippen LogP contribution >= 0.6 is 45.3 Å². The minimum absolute atomic E-state index is 1.24. The van der Waals surface area contributed by atoms with Gasteiger partial charge in [0.2, 0.25) is 0 Å². The summed E-state index contributed by atoms with van der Waals surface area (Å²) in [6.07, 6.45) is 38.2. The van der Waals surface area contributed by atoms with Gasteiger partial charge in [0.05, 0.1) is 0 Å². The van der Waals surface area contributed by atoms with Crippen molar-refractivity contribution < 1.29 is 0 Å². The van der Waals surface area contributed by atoms with Gasteiger partial charge in [0.25, 0.3) is 0 Å². The smallest absolute Gasteiger partial charge is 0.0356 e. The fraction of sp³-hybridized carbons (Fsp3) is 0.542. The molecule has 2 aromatic carbocycles. The van der Waals surface area contributed by atoms with Crippen molar-refractivity contribution >= 4 is 97.8 Å². The van der Waals surface area contributed by atoms with E-state index in [1.54, 1.807) is 9.75 Å². The second-order valence-corrected chi connectivity index (χ2v) is 20.0. The van der Waals surface area contributed by atoms with E-state index in [9.17, 15) is 0 Å². The van der Waals surface area contributed by atoms with Crippen LogP contribution in [0.25, 0.3) is 52.5 Å². The van der Waals surface area contributed by atoms with Gasteiger partial charge in [0.15, 0.2) is 0 Å². The van der Waals surface area contributed by atoms with Crippen molar-refractivity contribution in [2.24, 2.45) is 0 Å². The van der Waals surface area contributed by atoms with Gasteiger partial charge in [-0.3, -0.25) is 0 Å². The number of fused-ring (bicyclic) bond motifs is 6. The van der Waals surface area contributed by atoms with Crippen LogP contribution in [0.15, 0.2) is 48.5 Å². The Morgan fingerprint density at radius 3 is 0.981 bits per heavy atom.